The van der Waals surface area contributed by atoms with Gasteiger partial charge in [0.05, 0.1) is 21.2 Å². The quantitative estimate of drug-likeness (QED) is 0.500. The molecule has 0 saturated heterocycles. The van der Waals surface area contributed by atoms with Crippen LogP contribution in [0, 0.1) is 17.0 Å². The summed E-state index contributed by atoms with van der Waals surface area (Å²) in [6.07, 6.45) is 0.587. The Labute approximate surface area is 158 Å². The van der Waals surface area contributed by atoms with Crippen LogP contribution < -0.4 is 5.32 Å². The Morgan fingerprint density at radius 2 is 1.92 bits per heavy atom. The molecule has 0 aliphatic heterocycles. The standard InChI is InChI=1S/C18H14ClN3O3S/c1-11-16(10-12-6-8-13(9-7-12)22(24)25)26-18(20-11)21-17(23)14-4-2-3-5-15(14)19/h2-9H,10H2,1H3,(H,20,21,23). The number of rotatable bonds is 5. The number of aromatic nitrogens is 1. The lowest BCUT2D eigenvalue weighted by atomic mass is 10.1. The van der Waals surface area contributed by atoms with E-state index in [0.29, 0.717) is 22.1 Å². The van der Waals surface area contributed by atoms with E-state index in [4.69, 9.17) is 11.6 Å². The number of thiazole rings is 1. The minimum Gasteiger partial charge on any atom is -0.298 e. The predicted octanol–water partition coefficient (Wildman–Crippen LogP) is 4.86. The number of amides is 1. The maximum atomic E-state index is 12.3. The minimum absolute atomic E-state index is 0.0578. The Kier molecular flexibility index (Phi) is 5.29. The van der Waals surface area contributed by atoms with Crippen molar-refractivity contribution >= 4 is 39.7 Å². The molecule has 8 heteroatoms. The Bertz CT molecular complexity index is 970. The lowest BCUT2D eigenvalue weighted by Gasteiger charge is -2.03. The minimum atomic E-state index is -0.427. The van der Waals surface area contributed by atoms with Gasteiger partial charge in [-0.3, -0.25) is 20.2 Å². The van der Waals surface area contributed by atoms with Crippen molar-refractivity contribution in [2.75, 3.05) is 5.32 Å². The fourth-order valence-electron chi connectivity index (χ4n) is 2.38. The summed E-state index contributed by atoms with van der Waals surface area (Å²) in [4.78, 5) is 28.0. The van der Waals surface area contributed by atoms with Crippen LogP contribution in [-0.2, 0) is 6.42 Å². The third-order valence-corrected chi connectivity index (χ3v) is 5.15. The SMILES string of the molecule is Cc1nc(NC(=O)c2ccccc2Cl)sc1Cc1ccc([N+](=O)[O-])cc1. The van der Waals surface area contributed by atoms with Crippen LogP contribution in [0.2, 0.25) is 5.02 Å². The lowest BCUT2D eigenvalue weighted by Crippen LogP contribution is -2.12. The van der Waals surface area contributed by atoms with Crippen molar-refractivity contribution in [1.82, 2.24) is 4.98 Å². The molecule has 0 aliphatic rings. The highest BCUT2D eigenvalue weighted by atomic mass is 35.5. The zero-order valence-corrected chi connectivity index (χ0v) is 15.3. The van der Waals surface area contributed by atoms with E-state index in [-0.39, 0.29) is 11.6 Å². The van der Waals surface area contributed by atoms with Gasteiger partial charge in [-0.2, -0.15) is 0 Å². The molecule has 0 radical (unpaired) electrons. The number of nitrogens with zero attached hydrogens (tertiary/aromatic N) is 2. The van der Waals surface area contributed by atoms with Gasteiger partial charge >= 0.3 is 0 Å². The maximum Gasteiger partial charge on any atom is 0.269 e. The van der Waals surface area contributed by atoms with E-state index >= 15 is 0 Å². The van der Waals surface area contributed by atoms with E-state index in [1.165, 1.54) is 23.5 Å². The molecular formula is C18H14ClN3O3S. The molecule has 2 aromatic carbocycles. The van der Waals surface area contributed by atoms with Crippen molar-refractivity contribution in [1.29, 1.82) is 0 Å². The van der Waals surface area contributed by atoms with Crippen LogP contribution in [0.4, 0.5) is 10.8 Å². The average molecular weight is 388 g/mol. The van der Waals surface area contributed by atoms with Gasteiger partial charge in [0, 0.05) is 23.4 Å². The van der Waals surface area contributed by atoms with Crippen LogP contribution in [-0.4, -0.2) is 15.8 Å². The van der Waals surface area contributed by atoms with Crippen molar-refractivity contribution < 1.29 is 9.72 Å². The fourth-order valence-corrected chi connectivity index (χ4v) is 3.59. The molecule has 0 unspecified atom stereocenters. The molecule has 6 nitrogen and oxygen atoms in total. The lowest BCUT2D eigenvalue weighted by molar-refractivity contribution is -0.384. The Morgan fingerprint density at radius 3 is 2.58 bits per heavy atom. The molecule has 0 fully saturated rings. The van der Waals surface area contributed by atoms with Crippen molar-refractivity contribution in [3.63, 3.8) is 0 Å². The second-order valence-electron chi connectivity index (χ2n) is 5.56. The van der Waals surface area contributed by atoms with Crippen LogP contribution in [0.1, 0.15) is 26.5 Å². The molecule has 0 aliphatic carbocycles. The number of nitro groups is 1. The van der Waals surface area contributed by atoms with Gasteiger partial charge in [0.25, 0.3) is 11.6 Å². The molecule has 26 heavy (non-hydrogen) atoms. The number of aryl methyl sites for hydroxylation is 1. The van der Waals surface area contributed by atoms with Crippen LogP contribution in [0.5, 0.6) is 0 Å². The number of halogens is 1. The first-order chi connectivity index (χ1) is 12.4. The predicted molar refractivity (Wildman–Crippen MR) is 102 cm³/mol. The molecule has 0 bridgehead atoms. The third-order valence-electron chi connectivity index (χ3n) is 3.74. The van der Waals surface area contributed by atoms with Gasteiger partial charge in [0.15, 0.2) is 5.13 Å². The van der Waals surface area contributed by atoms with Gasteiger partial charge in [-0.15, -0.1) is 11.3 Å². The Balaban J connectivity index is 1.74. The summed E-state index contributed by atoms with van der Waals surface area (Å²) >= 11 is 7.41. The second-order valence-corrected chi connectivity index (χ2v) is 7.05. The van der Waals surface area contributed by atoms with Gasteiger partial charge < -0.3 is 0 Å². The summed E-state index contributed by atoms with van der Waals surface area (Å²) in [6.45, 7) is 1.86. The van der Waals surface area contributed by atoms with Crippen LogP contribution in [0.25, 0.3) is 0 Å². The first-order valence-electron chi connectivity index (χ1n) is 7.69. The molecule has 3 rings (SSSR count). The molecule has 0 spiro atoms. The average Bonchev–Trinajstić information content (AvgIpc) is 2.94. The number of nitrogens with one attached hydrogen (secondary N) is 1. The van der Waals surface area contributed by atoms with Gasteiger partial charge in [0.2, 0.25) is 0 Å². The number of benzene rings is 2. The van der Waals surface area contributed by atoms with E-state index in [9.17, 15) is 14.9 Å². The summed E-state index contributed by atoms with van der Waals surface area (Å²) in [5.41, 5.74) is 2.19. The summed E-state index contributed by atoms with van der Waals surface area (Å²) in [6, 6.07) is 13.2. The van der Waals surface area contributed by atoms with Crippen molar-refractivity contribution in [2.45, 2.75) is 13.3 Å². The smallest absolute Gasteiger partial charge is 0.269 e. The number of carbonyl (C=O) groups excluding carboxylic acids is 1. The van der Waals surface area contributed by atoms with E-state index in [1.807, 2.05) is 6.92 Å². The zero-order chi connectivity index (χ0) is 18.7. The molecular weight excluding hydrogens is 374 g/mol. The second kappa shape index (κ2) is 7.63. The highest BCUT2D eigenvalue weighted by molar-refractivity contribution is 7.15. The zero-order valence-electron chi connectivity index (χ0n) is 13.7. The molecule has 0 saturated carbocycles. The molecule has 0 atom stereocenters. The van der Waals surface area contributed by atoms with Gasteiger partial charge in [0.1, 0.15) is 0 Å². The largest absolute Gasteiger partial charge is 0.298 e. The van der Waals surface area contributed by atoms with E-state index < -0.39 is 4.92 Å². The number of anilines is 1. The van der Waals surface area contributed by atoms with Crippen LogP contribution >= 0.6 is 22.9 Å². The fraction of sp³-hybridized carbons (Fsp3) is 0.111. The first-order valence-corrected chi connectivity index (χ1v) is 8.89. The van der Waals surface area contributed by atoms with Crippen molar-refractivity contribution in [3.05, 3.63) is 85.4 Å². The van der Waals surface area contributed by atoms with Crippen molar-refractivity contribution in [3.8, 4) is 0 Å². The third kappa shape index (κ3) is 4.07. The van der Waals surface area contributed by atoms with E-state index in [0.717, 1.165) is 16.1 Å². The normalized spacial score (nSPS) is 10.5. The number of carbonyl (C=O) groups is 1. The highest BCUT2D eigenvalue weighted by Gasteiger charge is 2.14. The monoisotopic (exact) mass is 387 g/mol. The topological polar surface area (TPSA) is 85.1 Å². The number of hydrogen-bond donors (Lipinski definition) is 1. The Morgan fingerprint density at radius 1 is 1.23 bits per heavy atom. The van der Waals surface area contributed by atoms with Gasteiger partial charge in [-0.1, -0.05) is 35.9 Å². The molecule has 132 valence electrons. The van der Waals surface area contributed by atoms with Crippen LogP contribution in [0.15, 0.2) is 48.5 Å². The molecule has 1 aromatic heterocycles. The molecule has 3 aromatic rings. The first kappa shape index (κ1) is 18.0. The number of non-ortho nitro benzene ring substituents is 1. The number of nitro benzene ring substituents is 1. The molecule has 1 amide bonds. The maximum absolute atomic E-state index is 12.3. The summed E-state index contributed by atoms with van der Waals surface area (Å²) < 4.78 is 0. The Hall–Kier alpha value is -2.77. The summed E-state index contributed by atoms with van der Waals surface area (Å²) in [5, 5.41) is 14.4. The molecule has 1 heterocycles. The van der Waals surface area contributed by atoms with Gasteiger partial charge in [-0.05, 0) is 24.6 Å². The summed E-state index contributed by atoms with van der Waals surface area (Å²) in [7, 11) is 0. The summed E-state index contributed by atoms with van der Waals surface area (Å²) in [5.74, 6) is -0.314. The van der Waals surface area contributed by atoms with E-state index in [2.05, 4.69) is 10.3 Å². The van der Waals surface area contributed by atoms with Gasteiger partial charge in [-0.25, -0.2) is 4.98 Å². The van der Waals surface area contributed by atoms with Crippen LogP contribution in [0.3, 0.4) is 0 Å². The number of hydrogen-bond acceptors (Lipinski definition) is 5. The molecule has 1 N–H and O–H groups in total. The van der Waals surface area contributed by atoms with Crippen molar-refractivity contribution in [2.24, 2.45) is 0 Å². The van der Waals surface area contributed by atoms with E-state index in [1.54, 1.807) is 36.4 Å². The highest BCUT2D eigenvalue weighted by Crippen LogP contribution is 2.27.